The molecule has 0 unspecified atom stereocenters. The van der Waals surface area contributed by atoms with Crippen LogP contribution in [0.3, 0.4) is 0 Å². The zero-order chi connectivity index (χ0) is 14.5. The van der Waals surface area contributed by atoms with Crippen LogP contribution in [0.2, 0.25) is 5.15 Å². The summed E-state index contributed by atoms with van der Waals surface area (Å²) in [6.45, 7) is 5.82. The van der Waals surface area contributed by atoms with E-state index >= 15 is 0 Å². The molecule has 7 heteroatoms. The Hall–Kier alpha value is -0.950. The lowest BCUT2D eigenvalue weighted by molar-refractivity contribution is 0.228. The Labute approximate surface area is 125 Å². The van der Waals surface area contributed by atoms with Crippen LogP contribution in [0.4, 0.5) is 5.82 Å². The van der Waals surface area contributed by atoms with Crippen molar-refractivity contribution in [1.82, 2.24) is 19.8 Å². The predicted octanol–water partition coefficient (Wildman–Crippen LogP) is 0.306. The largest absolute Gasteiger partial charge is 0.391 e. The normalized spacial score (nSPS) is 16.9. The molecule has 0 radical (unpaired) electrons. The van der Waals surface area contributed by atoms with Crippen molar-refractivity contribution < 1.29 is 5.11 Å². The topological polar surface area (TPSA) is 55.7 Å². The maximum Gasteiger partial charge on any atom is 0.140 e. The van der Waals surface area contributed by atoms with Crippen molar-refractivity contribution in [2.75, 3.05) is 58.3 Å². The Morgan fingerprint density at radius 3 is 2.55 bits per heavy atom. The van der Waals surface area contributed by atoms with E-state index in [9.17, 15) is 5.11 Å². The summed E-state index contributed by atoms with van der Waals surface area (Å²) >= 11 is 6.01. The van der Waals surface area contributed by atoms with Gasteiger partial charge in [-0.15, -0.1) is 0 Å². The summed E-state index contributed by atoms with van der Waals surface area (Å²) < 4.78 is 0. The van der Waals surface area contributed by atoms with E-state index < -0.39 is 0 Å². The van der Waals surface area contributed by atoms with Crippen LogP contribution in [0, 0.1) is 0 Å². The molecule has 1 aliphatic heterocycles. The van der Waals surface area contributed by atoms with Gasteiger partial charge in [0.15, 0.2) is 0 Å². The number of rotatable bonds is 5. The van der Waals surface area contributed by atoms with Crippen LogP contribution in [0.25, 0.3) is 0 Å². The first kappa shape index (κ1) is 15.4. The van der Waals surface area contributed by atoms with Gasteiger partial charge in [-0.2, -0.15) is 0 Å². The molecule has 1 fully saturated rings. The first-order chi connectivity index (χ1) is 9.61. The van der Waals surface area contributed by atoms with Gasteiger partial charge in [0, 0.05) is 39.3 Å². The van der Waals surface area contributed by atoms with Gasteiger partial charge < -0.3 is 14.9 Å². The number of nitrogens with zero attached hydrogens (tertiary/aromatic N) is 5. The van der Waals surface area contributed by atoms with Crippen LogP contribution in [0.5, 0.6) is 0 Å². The van der Waals surface area contributed by atoms with Gasteiger partial charge in [-0.05, 0) is 14.1 Å². The SMILES string of the molecule is CN(C)CCN1CCN(c2ncnc(Cl)c2CO)CC1. The van der Waals surface area contributed by atoms with Crippen molar-refractivity contribution in [2.45, 2.75) is 6.61 Å². The van der Waals surface area contributed by atoms with E-state index in [-0.39, 0.29) is 6.61 Å². The van der Waals surface area contributed by atoms with Gasteiger partial charge in [0.05, 0.1) is 12.2 Å². The maximum absolute atomic E-state index is 9.42. The molecule has 1 N–H and O–H groups in total. The monoisotopic (exact) mass is 299 g/mol. The highest BCUT2D eigenvalue weighted by Gasteiger charge is 2.21. The molecule has 20 heavy (non-hydrogen) atoms. The highest BCUT2D eigenvalue weighted by atomic mass is 35.5. The molecular weight excluding hydrogens is 278 g/mol. The van der Waals surface area contributed by atoms with Crippen LogP contribution >= 0.6 is 11.6 Å². The molecule has 0 bridgehead atoms. The van der Waals surface area contributed by atoms with Gasteiger partial charge in [0.25, 0.3) is 0 Å². The summed E-state index contributed by atoms with van der Waals surface area (Å²) in [7, 11) is 4.18. The zero-order valence-corrected chi connectivity index (χ0v) is 12.8. The third kappa shape index (κ3) is 3.79. The lowest BCUT2D eigenvalue weighted by Gasteiger charge is -2.36. The molecule has 0 saturated carbocycles. The van der Waals surface area contributed by atoms with Crippen LogP contribution in [-0.4, -0.2) is 78.2 Å². The van der Waals surface area contributed by atoms with E-state index in [2.05, 4.69) is 38.8 Å². The molecule has 0 aromatic carbocycles. The molecule has 0 aliphatic carbocycles. The number of halogens is 1. The molecule has 1 saturated heterocycles. The molecule has 1 aromatic rings. The Kier molecular flexibility index (Phi) is 5.54. The van der Waals surface area contributed by atoms with Gasteiger partial charge >= 0.3 is 0 Å². The molecule has 2 heterocycles. The minimum Gasteiger partial charge on any atom is -0.391 e. The number of aliphatic hydroxyl groups excluding tert-OH is 1. The van der Waals surface area contributed by atoms with E-state index in [0.717, 1.165) is 45.1 Å². The third-order valence-electron chi connectivity index (χ3n) is 3.56. The van der Waals surface area contributed by atoms with Crippen molar-refractivity contribution in [3.8, 4) is 0 Å². The average molecular weight is 300 g/mol. The number of aromatic nitrogens is 2. The number of anilines is 1. The van der Waals surface area contributed by atoms with Crippen LogP contribution in [0.1, 0.15) is 5.56 Å². The highest BCUT2D eigenvalue weighted by molar-refractivity contribution is 6.30. The second-order valence-electron chi connectivity index (χ2n) is 5.26. The lowest BCUT2D eigenvalue weighted by Crippen LogP contribution is -2.48. The minimum absolute atomic E-state index is 0.129. The van der Waals surface area contributed by atoms with Gasteiger partial charge in [0.2, 0.25) is 0 Å². The Balaban J connectivity index is 1.95. The molecule has 0 spiro atoms. The fraction of sp³-hybridized carbons (Fsp3) is 0.692. The minimum atomic E-state index is -0.129. The standard InChI is InChI=1S/C13H22ClN5O/c1-17(2)3-4-18-5-7-19(8-6-18)13-11(9-20)12(14)15-10-16-13/h10,20H,3-9H2,1-2H3. The first-order valence-corrected chi connectivity index (χ1v) is 7.22. The van der Waals surface area contributed by atoms with Crippen LogP contribution in [-0.2, 0) is 6.61 Å². The number of hydrogen-bond donors (Lipinski definition) is 1. The van der Waals surface area contributed by atoms with Gasteiger partial charge in [-0.25, -0.2) is 9.97 Å². The quantitative estimate of drug-likeness (QED) is 0.790. The summed E-state index contributed by atoms with van der Waals surface area (Å²) in [4.78, 5) is 15.0. The molecule has 6 nitrogen and oxygen atoms in total. The van der Waals surface area contributed by atoms with Crippen molar-refractivity contribution in [3.05, 3.63) is 17.0 Å². The fourth-order valence-electron chi connectivity index (χ4n) is 2.32. The highest BCUT2D eigenvalue weighted by Crippen LogP contribution is 2.24. The Morgan fingerprint density at radius 2 is 1.95 bits per heavy atom. The lowest BCUT2D eigenvalue weighted by atomic mass is 10.2. The third-order valence-corrected chi connectivity index (χ3v) is 3.89. The number of hydrogen-bond acceptors (Lipinski definition) is 6. The maximum atomic E-state index is 9.42. The predicted molar refractivity (Wildman–Crippen MR) is 80.2 cm³/mol. The summed E-state index contributed by atoms with van der Waals surface area (Å²) in [6, 6.07) is 0. The fourth-order valence-corrected chi connectivity index (χ4v) is 2.50. The van der Waals surface area contributed by atoms with Crippen molar-refractivity contribution >= 4 is 17.4 Å². The second kappa shape index (κ2) is 7.17. The van der Waals surface area contributed by atoms with Gasteiger partial charge in [-0.3, -0.25) is 4.90 Å². The van der Waals surface area contributed by atoms with Gasteiger partial charge in [0.1, 0.15) is 17.3 Å². The number of aliphatic hydroxyl groups is 1. The molecule has 112 valence electrons. The Morgan fingerprint density at radius 1 is 1.25 bits per heavy atom. The van der Waals surface area contributed by atoms with Crippen LogP contribution < -0.4 is 4.90 Å². The zero-order valence-electron chi connectivity index (χ0n) is 12.1. The van der Waals surface area contributed by atoms with Crippen molar-refractivity contribution in [3.63, 3.8) is 0 Å². The van der Waals surface area contributed by atoms with E-state index in [1.165, 1.54) is 6.33 Å². The summed E-state index contributed by atoms with van der Waals surface area (Å²) in [5.41, 5.74) is 0.621. The van der Waals surface area contributed by atoms with E-state index in [1.54, 1.807) is 0 Å². The Bertz CT molecular complexity index is 435. The molecule has 0 atom stereocenters. The van der Waals surface area contributed by atoms with Crippen molar-refractivity contribution in [2.24, 2.45) is 0 Å². The number of piperazine rings is 1. The summed E-state index contributed by atoms with van der Waals surface area (Å²) in [5, 5.41) is 9.76. The second-order valence-corrected chi connectivity index (χ2v) is 5.61. The number of likely N-dealkylation sites (N-methyl/N-ethyl adjacent to an activating group) is 1. The smallest absolute Gasteiger partial charge is 0.140 e. The molecule has 0 amide bonds. The van der Waals surface area contributed by atoms with E-state index in [1.807, 2.05) is 0 Å². The molecule has 2 rings (SSSR count). The molecular formula is C13H22ClN5O. The van der Waals surface area contributed by atoms with Crippen LogP contribution in [0.15, 0.2) is 6.33 Å². The molecule has 1 aromatic heterocycles. The van der Waals surface area contributed by atoms with Gasteiger partial charge in [-0.1, -0.05) is 11.6 Å². The molecule has 1 aliphatic rings. The van der Waals surface area contributed by atoms with Crippen molar-refractivity contribution in [1.29, 1.82) is 0 Å². The summed E-state index contributed by atoms with van der Waals surface area (Å²) in [5.74, 6) is 0.764. The van der Waals surface area contributed by atoms with E-state index in [0.29, 0.717) is 10.7 Å². The average Bonchev–Trinajstić information content (AvgIpc) is 2.45. The summed E-state index contributed by atoms with van der Waals surface area (Å²) in [6.07, 6.45) is 1.45. The van der Waals surface area contributed by atoms with E-state index in [4.69, 9.17) is 11.6 Å². The first-order valence-electron chi connectivity index (χ1n) is 6.84.